The van der Waals surface area contributed by atoms with E-state index in [1.807, 2.05) is 24.3 Å². The van der Waals surface area contributed by atoms with Gasteiger partial charge in [0.25, 0.3) is 0 Å². The molecule has 24 heavy (non-hydrogen) atoms. The lowest BCUT2D eigenvalue weighted by atomic mass is 10.2. The van der Waals surface area contributed by atoms with Crippen LogP contribution in [-0.4, -0.2) is 22.4 Å². The van der Waals surface area contributed by atoms with Gasteiger partial charge in [-0.25, -0.2) is 9.97 Å². The van der Waals surface area contributed by atoms with Crippen molar-refractivity contribution in [3.8, 4) is 0 Å². The largest absolute Gasteiger partial charge is 0.369 e. The molecule has 1 heterocycles. The van der Waals surface area contributed by atoms with Gasteiger partial charge >= 0.3 is 0 Å². The highest BCUT2D eigenvalue weighted by Crippen LogP contribution is 2.18. The zero-order valence-electron chi connectivity index (χ0n) is 13.0. The van der Waals surface area contributed by atoms with Gasteiger partial charge in [0.05, 0.1) is 5.52 Å². The second-order valence-electron chi connectivity index (χ2n) is 5.32. The Morgan fingerprint density at radius 1 is 1.04 bits per heavy atom. The molecule has 0 atom stereocenters. The minimum Gasteiger partial charge on any atom is -0.369 e. The van der Waals surface area contributed by atoms with Gasteiger partial charge < -0.3 is 10.6 Å². The highest BCUT2D eigenvalue weighted by molar-refractivity contribution is 6.30. The van der Waals surface area contributed by atoms with Gasteiger partial charge in [0.2, 0.25) is 5.91 Å². The highest BCUT2D eigenvalue weighted by Gasteiger charge is 2.04. The number of para-hydroxylation sites is 1. The molecule has 1 aromatic heterocycles. The van der Waals surface area contributed by atoms with E-state index in [0.29, 0.717) is 24.4 Å². The maximum Gasteiger partial charge on any atom is 0.224 e. The van der Waals surface area contributed by atoms with E-state index in [4.69, 9.17) is 11.6 Å². The van der Waals surface area contributed by atoms with Crippen LogP contribution in [-0.2, 0) is 4.79 Å². The molecule has 2 N–H and O–H groups in total. The molecule has 0 saturated carbocycles. The second kappa shape index (κ2) is 7.75. The van der Waals surface area contributed by atoms with Gasteiger partial charge in [0.15, 0.2) is 0 Å². The molecule has 0 unspecified atom stereocenters. The van der Waals surface area contributed by atoms with E-state index in [9.17, 15) is 4.79 Å². The molecule has 0 bridgehead atoms. The van der Waals surface area contributed by atoms with E-state index in [1.54, 1.807) is 24.3 Å². The number of rotatable bonds is 6. The molecule has 0 saturated heterocycles. The van der Waals surface area contributed by atoms with Gasteiger partial charge in [-0.3, -0.25) is 4.79 Å². The summed E-state index contributed by atoms with van der Waals surface area (Å²) in [5.74, 6) is 0.769. The SMILES string of the molecule is O=C(CCCNc1ncnc2ccccc12)Nc1ccc(Cl)cc1. The van der Waals surface area contributed by atoms with Crippen LogP contribution in [0.15, 0.2) is 54.9 Å². The number of nitrogens with zero attached hydrogens (tertiary/aromatic N) is 2. The van der Waals surface area contributed by atoms with E-state index < -0.39 is 0 Å². The molecule has 0 fully saturated rings. The summed E-state index contributed by atoms with van der Waals surface area (Å²) >= 11 is 5.82. The van der Waals surface area contributed by atoms with Gasteiger partial charge in [-0.15, -0.1) is 0 Å². The van der Waals surface area contributed by atoms with Crippen molar-refractivity contribution >= 4 is 39.9 Å². The molecular formula is C18H17ClN4O. The standard InChI is InChI=1S/C18H17ClN4O/c19-13-7-9-14(10-8-13)23-17(24)6-3-11-20-18-15-4-1-2-5-16(15)21-12-22-18/h1-2,4-5,7-10,12H,3,6,11H2,(H,23,24)(H,20,21,22). The first-order valence-corrected chi connectivity index (χ1v) is 8.09. The number of halogens is 1. The summed E-state index contributed by atoms with van der Waals surface area (Å²) in [7, 11) is 0. The van der Waals surface area contributed by atoms with Crippen LogP contribution in [0.1, 0.15) is 12.8 Å². The van der Waals surface area contributed by atoms with E-state index in [0.717, 1.165) is 22.4 Å². The Balaban J connectivity index is 1.48. The number of anilines is 2. The number of carbonyl (C=O) groups is 1. The fraction of sp³-hybridized carbons (Fsp3) is 0.167. The third-order valence-corrected chi connectivity index (χ3v) is 3.80. The van der Waals surface area contributed by atoms with Crippen LogP contribution >= 0.6 is 11.6 Å². The van der Waals surface area contributed by atoms with Gasteiger partial charge in [0, 0.05) is 29.1 Å². The molecule has 2 aromatic carbocycles. The van der Waals surface area contributed by atoms with Crippen molar-refractivity contribution in [1.82, 2.24) is 9.97 Å². The van der Waals surface area contributed by atoms with Crippen molar-refractivity contribution in [2.75, 3.05) is 17.2 Å². The molecule has 6 heteroatoms. The van der Waals surface area contributed by atoms with Crippen LogP contribution in [0, 0.1) is 0 Å². The zero-order valence-corrected chi connectivity index (χ0v) is 13.8. The number of fused-ring (bicyclic) bond motifs is 1. The fourth-order valence-corrected chi connectivity index (χ4v) is 2.48. The number of benzene rings is 2. The van der Waals surface area contributed by atoms with Crippen LogP contribution in [0.4, 0.5) is 11.5 Å². The monoisotopic (exact) mass is 340 g/mol. The Kier molecular flexibility index (Phi) is 5.23. The Morgan fingerprint density at radius 2 is 1.83 bits per heavy atom. The normalized spacial score (nSPS) is 10.5. The number of nitrogens with one attached hydrogen (secondary N) is 2. The summed E-state index contributed by atoms with van der Waals surface area (Å²) in [5.41, 5.74) is 1.65. The predicted octanol–water partition coefficient (Wildman–Crippen LogP) is 4.11. The maximum absolute atomic E-state index is 11.9. The summed E-state index contributed by atoms with van der Waals surface area (Å²) < 4.78 is 0. The van der Waals surface area contributed by atoms with Crippen LogP contribution < -0.4 is 10.6 Å². The van der Waals surface area contributed by atoms with E-state index >= 15 is 0 Å². The molecule has 3 rings (SSSR count). The molecule has 122 valence electrons. The number of hydrogen-bond donors (Lipinski definition) is 2. The van der Waals surface area contributed by atoms with E-state index in [2.05, 4.69) is 20.6 Å². The van der Waals surface area contributed by atoms with Crippen molar-refractivity contribution in [1.29, 1.82) is 0 Å². The summed E-state index contributed by atoms with van der Waals surface area (Å²) in [5, 5.41) is 7.74. The number of hydrogen-bond acceptors (Lipinski definition) is 4. The quantitative estimate of drug-likeness (QED) is 0.662. The molecular weight excluding hydrogens is 324 g/mol. The molecule has 0 aliphatic carbocycles. The van der Waals surface area contributed by atoms with Gasteiger partial charge in [0.1, 0.15) is 12.1 Å². The lowest BCUT2D eigenvalue weighted by Gasteiger charge is -2.08. The van der Waals surface area contributed by atoms with Crippen molar-refractivity contribution < 1.29 is 4.79 Å². The molecule has 3 aromatic rings. The lowest BCUT2D eigenvalue weighted by Crippen LogP contribution is -2.13. The van der Waals surface area contributed by atoms with E-state index in [-0.39, 0.29) is 5.91 Å². The summed E-state index contributed by atoms with van der Waals surface area (Å²) in [6, 6.07) is 14.9. The molecule has 5 nitrogen and oxygen atoms in total. The predicted molar refractivity (Wildman–Crippen MR) is 97.3 cm³/mol. The molecule has 0 aliphatic heterocycles. The molecule has 0 aliphatic rings. The van der Waals surface area contributed by atoms with Crippen molar-refractivity contribution in [2.24, 2.45) is 0 Å². The summed E-state index contributed by atoms with van der Waals surface area (Å²) in [4.78, 5) is 20.4. The van der Waals surface area contributed by atoms with Crippen molar-refractivity contribution in [3.63, 3.8) is 0 Å². The van der Waals surface area contributed by atoms with Gasteiger partial charge in [-0.1, -0.05) is 23.7 Å². The number of amides is 1. The third kappa shape index (κ3) is 4.20. The first kappa shape index (κ1) is 16.2. The van der Waals surface area contributed by atoms with Gasteiger partial charge in [-0.05, 0) is 42.8 Å². The van der Waals surface area contributed by atoms with Crippen LogP contribution in [0.2, 0.25) is 5.02 Å². The fourth-order valence-electron chi connectivity index (χ4n) is 2.36. The average Bonchev–Trinajstić information content (AvgIpc) is 2.61. The minimum atomic E-state index is -0.0216. The molecule has 1 amide bonds. The Labute approximate surface area is 145 Å². The first-order chi connectivity index (χ1) is 11.7. The first-order valence-electron chi connectivity index (χ1n) is 7.71. The number of aromatic nitrogens is 2. The average molecular weight is 341 g/mol. The Morgan fingerprint density at radius 3 is 2.67 bits per heavy atom. The molecule has 0 radical (unpaired) electrons. The zero-order chi connectivity index (χ0) is 16.8. The van der Waals surface area contributed by atoms with Crippen LogP contribution in [0.25, 0.3) is 10.9 Å². The van der Waals surface area contributed by atoms with Gasteiger partial charge in [-0.2, -0.15) is 0 Å². The number of carbonyl (C=O) groups excluding carboxylic acids is 1. The highest BCUT2D eigenvalue weighted by atomic mass is 35.5. The van der Waals surface area contributed by atoms with Crippen LogP contribution in [0.5, 0.6) is 0 Å². The Hall–Kier alpha value is -2.66. The van der Waals surface area contributed by atoms with Crippen molar-refractivity contribution in [2.45, 2.75) is 12.8 Å². The second-order valence-corrected chi connectivity index (χ2v) is 5.76. The topological polar surface area (TPSA) is 66.9 Å². The Bertz CT molecular complexity index is 831. The molecule has 0 spiro atoms. The minimum absolute atomic E-state index is 0.0216. The maximum atomic E-state index is 11.9. The third-order valence-electron chi connectivity index (χ3n) is 3.54. The lowest BCUT2D eigenvalue weighted by molar-refractivity contribution is -0.116. The summed E-state index contributed by atoms with van der Waals surface area (Å²) in [6.45, 7) is 0.662. The smallest absolute Gasteiger partial charge is 0.224 e. The summed E-state index contributed by atoms with van der Waals surface area (Å²) in [6.07, 6.45) is 2.67. The van der Waals surface area contributed by atoms with Crippen molar-refractivity contribution in [3.05, 3.63) is 59.9 Å². The van der Waals surface area contributed by atoms with Crippen LogP contribution in [0.3, 0.4) is 0 Å². The van der Waals surface area contributed by atoms with E-state index in [1.165, 1.54) is 6.33 Å².